The highest BCUT2D eigenvalue weighted by Gasteiger charge is 2.10. The molecule has 0 bridgehead atoms. The minimum atomic E-state index is -0.192. The fraction of sp³-hybridized carbons (Fsp3) is 0.333. The van der Waals surface area contributed by atoms with Crippen molar-refractivity contribution in [1.29, 1.82) is 0 Å². The number of rotatable bonds is 5. The summed E-state index contributed by atoms with van der Waals surface area (Å²) >= 11 is 0. The summed E-state index contributed by atoms with van der Waals surface area (Å²) in [5, 5.41) is 2.75. The predicted octanol–water partition coefficient (Wildman–Crippen LogP) is 1.68. The molecule has 0 aliphatic carbocycles. The molecule has 1 N–H and O–H groups in total. The van der Waals surface area contributed by atoms with Crippen LogP contribution in [0.2, 0.25) is 0 Å². The minimum absolute atomic E-state index is 0.0656. The number of carbonyl (C=O) groups excluding carboxylic acids is 2. The number of likely N-dealkylation sites (N-methyl/N-ethyl adjacent to an activating group) is 1. The Morgan fingerprint density at radius 2 is 1.89 bits per heavy atom. The number of carbonyl (C=O) groups is 2. The molecule has 0 spiro atoms. The maximum absolute atomic E-state index is 11.8. The highest BCUT2D eigenvalue weighted by atomic mass is 16.2. The average molecular weight is 260 g/mol. The summed E-state index contributed by atoms with van der Waals surface area (Å²) in [7, 11) is 1.61. The summed E-state index contributed by atoms with van der Waals surface area (Å²) in [5.41, 5.74) is 0.955. The number of benzene rings is 1. The standard InChI is InChI=1S/C15H20N2O2/c1-12(2)16-14(18)11-17(3)15(19)10-9-13-7-5-4-6-8-13/h4-10,12H,11H2,1-3H3,(H,16,18)/b10-9+. The molecule has 1 rings (SSSR count). The van der Waals surface area contributed by atoms with E-state index in [0.29, 0.717) is 0 Å². The third-order valence-electron chi connectivity index (χ3n) is 2.42. The van der Waals surface area contributed by atoms with Crippen molar-refractivity contribution in [1.82, 2.24) is 10.2 Å². The Hall–Kier alpha value is -2.10. The lowest BCUT2D eigenvalue weighted by molar-refractivity contribution is -0.131. The molecule has 1 aromatic carbocycles. The first-order valence-corrected chi connectivity index (χ1v) is 6.26. The van der Waals surface area contributed by atoms with Gasteiger partial charge in [0, 0.05) is 19.2 Å². The molecular weight excluding hydrogens is 240 g/mol. The van der Waals surface area contributed by atoms with E-state index in [4.69, 9.17) is 0 Å². The van der Waals surface area contributed by atoms with Gasteiger partial charge in [0.1, 0.15) is 0 Å². The van der Waals surface area contributed by atoms with Crippen LogP contribution < -0.4 is 5.32 Å². The smallest absolute Gasteiger partial charge is 0.246 e. The van der Waals surface area contributed by atoms with Gasteiger partial charge in [-0.1, -0.05) is 30.3 Å². The van der Waals surface area contributed by atoms with E-state index in [1.165, 1.54) is 11.0 Å². The van der Waals surface area contributed by atoms with Crippen LogP contribution in [0.25, 0.3) is 6.08 Å². The van der Waals surface area contributed by atoms with Gasteiger partial charge in [-0.05, 0) is 25.5 Å². The molecule has 0 saturated heterocycles. The Bertz CT molecular complexity index is 452. The van der Waals surface area contributed by atoms with Crippen molar-refractivity contribution in [2.45, 2.75) is 19.9 Å². The fourth-order valence-electron chi connectivity index (χ4n) is 1.52. The molecule has 0 atom stereocenters. The third-order valence-corrected chi connectivity index (χ3v) is 2.42. The van der Waals surface area contributed by atoms with Crippen molar-refractivity contribution in [2.24, 2.45) is 0 Å². The van der Waals surface area contributed by atoms with E-state index in [2.05, 4.69) is 5.32 Å². The lowest BCUT2D eigenvalue weighted by Gasteiger charge is -2.16. The van der Waals surface area contributed by atoms with E-state index in [1.54, 1.807) is 13.1 Å². The van der Waals surface area contributed by atoms with Crippen molar-refractivity contribution in [2.75, 3.05) is 13.6 Å². The van der Waals surface area contributed by atoms with Gasteiger partial charge in [-0.25, -0.2) is 0 Å². The Morgan fingerprint density at radius 1 is 1.26 bits per heavy atom. The molecule has 4 heteroatoms. The van der Waals surface area contributed by atoms with Crippen molar-refractivity contribution < 1.29 is 9.59 Å². The Morgan fingerprint density at radius 3 is 2.47 bits per heavy atom. The largest absolute Gasteiger partial charge is 0.352 e. The van der Waals surface area contributed by atoms with Gasteiger partial charge >= 0.3 is 0 Å². The molecule has 0 fully saturated rings. The van der Waals surface area contributed by atoms with Crippen LogP contribution in [0.5, 0.6) is 0 Å². The molecule has 0 aromatic heterocycles. The molecule has 0 radical (unpaired) electrons. The second-order valence-corrected chi connectivity index (χ2v) is 4.66. The van der Waals surface area contributed by atoms with Gasteiger partial charge in [0.15, 0.2) is 0 Å². The summed E-state index contributed by atoms with van der Waals surface area (Å²) in [6.45, 7) is 3.83. The van der Waals surface area contributed by atoms with Crippen LogP contribution >= 0.6 is 0 Å². The first-order valence-electron chi connectivity index (χ1n) is 6.26. The van der Waals surface area contributed by atoms with Crippen molar-refractivity contribution >= 4 is 17.9 Å². The van der Waals surface area contributed by atoms with Crippen molar-refractivity contribution in [3.63, 3.8) is 0 Å². The first kappa shape index (κ1) is 15.0. The lowest BCUT2D eigenvalue weighted by atomic mass is 10.2. The number of amides is 2. The maximum atomic E-state index is 11.8. The third kappa shape index (κ3) is 5.86. The van der Waals surface area contributed by atoms with Crippen molar-refractivity contribution in [3.8, 4) is 0 Å². The quantitative estimate of drug-likeness (QED) is 0.819. The van der Waals surface area contributed by atoms with Crippen LogP contribution in [-0.2, 0) is 9.59 Å². The summed E-state index contributed by atoms with van der Waals surface area (Å²) in [4.78, 5) is 24.7. The molecule has 0 unspecified atom stereocenters. The molecule has 2 amide bonds. The van der Waals surface area contributed by atoms with Gasteiger partial charge in [-0.2, -0.15) is 0 Å². The zero-order valence-corrected chi connectivity index (χ0v) is 11.6. The van der Waals surface area contributed by atoms with Crippen LogP contribution in [0.3, 0.4) is 0 Å². The molecule has 0 aliphatic heterocycles. The van der Waals surface area contributed by atoms with E-state index in [9.17, 15) is 9.59 Å². The Balaban J connectivity index is 2.49. The Kier molecular flexibility index (Phi) is 5.79. The van der Waals surface area contributed by atoms with Gasteiger partial charge in [0.25, 0.3) is 0 Å². The number of hydrogen-bond donors (Lipinski definition) is 1. The minimum Gasteiger partial charge on any atom is -0.352 e. The summed E-state index contributed by atoms with van der Waals surface area (Å²) < 4.78 is 0. The molecule has 4 nitrogen and oxygen atoms in total. The van der Waals surface area contributed by atoms with Crippen LogP contribution in [0.4, 0.5) is 0 Å². The van der Waals surface area contributed by atoms with E-state index < -0.39 is 0 Å². The molecule has 1 aromatic rings. The van der Waals surface area contributed by atoms with Crippen LogP contribution in [-0.4, -0.2) is 36.3 Å². The summed E-state index contributed by atoms with van der Waals surface area (Å²) in [6.07, 6.45) is 3.21. The molecule has 19 heavy (non-hydrogen) atoms. The second-order valence-electron chi connectivity index (χ2n) is 4.66. The SMILES string of the molecule is CC(C)NC(=O)CN(C)C(=O)/C=C/c1ccccc1. The zero-order chi connectivity index (χ0) is 14.3. The predicted molar refractivity (Wildman–Crippen MR) is 76.4 cm³/mol. The molecule has 0 heterocycles. The zero-order valence-electron chi connectivity index (χ0n) is 11.6. The maximum Gasteiger partial charge on any atom is 0.246 e. The van der Waals surface area contributed by atoms with E-state index >= 15 is 0 Å². The topological polar surface area (TPSA) is 49.4 Å². The van der Waals surface area contributed by atoms with Crippen LogP contribution in [0.1, 0.15) is 19.4 Å². The highest BCUT2D eigenvalue weighted by molar-refractivity contribution is 5.94. The van der Waals surface area contributed by atoms with Gasteiger partial charge in [-0.15, -0.1) is 0 Å². The van der Waals surface area contributed by atoms with Crippen LogP contribution in [0.15, 0.2) is 36.4 Å². The van der Waals surface area contributed by atoms with E-state index in [-0.39, 0.29) is 24.4 Å². The number of nitrogens with one attached hydrogen (secondary N) is 1. The monoisotopic (exact) mass is 260 g/mol. The number of hydrogen-bond acceptors (Lipinski definition) is 2. The second kappa shape index (κ2) is 7.36. The Labute approximate surface area is 114 Å². The molecular formula is C15H20N2O2. The van der Waals surface area contributed by atoms with Crippen LogP contribution in [0, 0.1) is 0 Å². The van der Waals surface area contributed by atoms with Gasteiger partial charge in [0.2, 0.25) is 11.8 Å². The van der Waals surface area contributed by atoms with E-state index in [0.717, 1.165) is 5.56 Å². The lowest BCUT2D eigenvalue weighted by Crippen LogP contribution is -2.40. The van der Waals surface area contributed by atoms with Gasteiger partial charge in [-0.3, -0.25) is 9.59 Å². The summed E-state index contributed by atoms with van der Waals surface area (Å²) in [6, 6.07) is 9.63. The highest BCUT2D eigenvalue weighted by Crippen LogP contribution is 2.01. The van der Waals surface area contributed by atoms with Crippen molar-refractivity contribution in [3.05, 3.63) is 42.0 Å². The van der Waals surface area contributed by atoms with Gasteiger partial charge in [0.05, 0.1) is 6.54 Å². The van der Waals surface area contributed by atoms with Gasteiger partial charge < -0.3 is 10.2 Å². The van der Waals surface area contributed by atoms with E-state index in [1.807, 2.05) is 44.2 Å². The number of nitrogens with zero attached hydrogens (tertiary/aromatic N) is 1. The fourth-order valence-corrected chi connectivity index (χ4v) is 1.52. The molecule has 0 saturated carbocycles. The molecule has 102 valence electrons. The first-order chi connectivity index (χ1) is 8.99. The summed E-state index contributed by atoms with van der Waals surface area (Å²) in [5.74, 6) is -0.346. The normalized spacial score (nSPS) is 10.7. The molecule has 0 aliphatic rings. The average Bonchev–Trinajstić information content (AvgIpc) is 2.36.